The molecule has 0 radical (unpaired) electrons. The van der Waals surface area contributed by atoms with E-state index in [2.05, 4.69) is 15.7 Å². The molecule has 2 aromatic rings. The maximum Gasteiger partial charge on any atom is 0.186 e. The van der Waals surface area contributed by atoms with Gasteiger partial charge in [0, 0.05) is 0 Å². The summed E-state index contributed by atoms with van der Waals surface area (Å²) in [6.45, 7) is 0.426. The van der Waals surface area contributed by atoms with Crippen molar-refractivity contribution < 1.29 is 14.5 Å². The summed E-state index contributed by atoms with van der Waals surface area (Å²) in [5, 5.41) is 0. The second kappa shape index (κ2) is 2.77. The van der Waals surface area contributed by atoms with Crippen molar-refractivity contribution in [2.45, 2.75) is 6.54 Å². The Kier molecular flexibility index (Phi) is 1.73. The van der Waals surface area contributed by atoms with Crippen LogP contribution in [-0.2, 0) is 6.54 Å². The van der Waals surface area contributed by atoms with Crippen molar-refractivity contribution in [3.63, 3.8) is 0 Å². The zero-order chi connectivity index (χ0) is 9.42. The van der Waals surface area contributed by atoms with E-state index < -0.39 is 11.6 Å². The average Bonchev–Trinajstić information content (AvgIpc) is 2.55. The van der Waals surface area contributed by atoms with Crippen LogP contribution >= 0.6 is 0 Å². The number of nitrogens with one attached hydrogen (secondary N) is 1. The SMILES string of the molecule is [NH3+]Cc1nc2c(F)c(F)ccc2[nH]1. The monoisotopic (exact) mass is 184 g/mol. The molecule has 0 saturated carbocycles. The van der Waals surface area contributed by atoms with Crippen LogP contribution in [0.5, 0.6) is 0 Å². The highest BCUT2D eigenvalue weighted by Gasteiger charge is 2.11. The third kappa shape index (κ3) is 1.17. The van der Waals surface area contributed by atoms with E-state index in [1.54, 1.807) is 0 Å². The molecule has 1 aromatic heterocycles. The molecule has 68 valence electrons. The first kappa shape index (κ1) is 8.12. The lowest BCUT2D eigenvalue weighted by Gasteiger charge is -1.91. The first-order chi connectivity index (χ1) is 6.22. The second-order valence-electron chi connectivity index (χ2n) is 2.69. The lowest BCUT2D eigenvalue weighted by Crippen LogP contribution is -2.47. The van der Waals surface area contributed by atoms with Gasteiger partial charge in [-0.1, -0.05) is 0 Å². The number of hydrogen-bond acceptors (Lipinski definition) is 1. The Morgan fingerprint density at radius 2 is 2.15 bits per heavy atom. The van der Waals surface area contributed by atoms with Gasteiger partial charge in [-0.05, 0) is 12.1 Å². The maximum absolute atomic E-state index is 13.1. The summed E-state index contributed by atoms with van der Waals surface area (Å²) in [6.07, 6.45) is 0. The Balaban J connectivity index is 2.76. The van der Waals surface area contributed by atoms with E-state index in [1.807, 2.05) is 0 Å². The molecule has 0 atom stereocenters. The van der Waals surface area contributed by atoms with Crippen molar-refractivity contribution in [3.8, 4) is 0 Å². The predicted octanol–water partition coefficient (Wildman–Crippen LogP) is 0.583. The highest BCUT2D eigenvalue weighted by atomic mass is 19.2. The van der Waals surface area contributed by atoms with Crippen molar-refractivity contribution in [2.75, 3.05) is 0 Å². The molecule has 0 spiro atoms. The van der Waals surface area contributed by atoms with Crippen molar-refractivity contribution in [3.05, 3.63) is 29.6 Å². The number of fused-ring (bicyclic) bond motifs is 1. The summed E-state index contributed by atoms with van der Waals surface area (Å²) in [7, 11) is 0. The Bertz CT molecular complexity index is 450. The number of imidazole rings is 1. The number of aromatic nitrogens is 2. The molecule has 5 heteroatoms. The first-order valence-corrected chi connectivity index (χ1v) is 3.84. The van der Waals surface area contributed by atoms with Gasteiger partial charge in [-0.2, -0.15) is 0 Å². The van der Waals surface area contributed by atoms with Crippen LogP contribution < -0.4 is 5.73 Å². The average molecular weight is 184 g/mol. The van der Waals surface area contributed by atoms with Gasteiger partial charge in [-0.3, -0.25) is 0 Å². The summed E-state index contributed by atoms with van der Waals surface area (Å²) < 4.78 is 25.8. The molecular formula is C8H8F2N3+. The van der Waals surface area contributed by atoms with Gasteiger partial charge >= 0.3 is 0 Å². The van der Waals surface area contributed by atoms with Crippen LogP contribution in [0, 0.1) is 11.6 Å². The van der Waals surface area contributed by atoms with Crippen LogP contribution in [0.1, 0.15) is 5.82 Å². The van der Waals surface area contributed by atoms with E-state index in [4.69, 9.17) is 0 Å². The fourth-order valence-corrected chi connectivity index (χ4v) is 1.19. The zero-order valence-electron chi connectivity index (χ0n) is 6.77. The minimum Gasteiger partial charge on any atom is -0.351 e. The van der Waals surface area contributed by atoms with Crippen molar-refractivity contribution in [1.82, 2.24) is 9.97 Å². The van der Waals surface area contributed by atoms with Crippen molar-refractivity contribution >= 4 is 11.0 Å². The van der Waals surface area contributed by atoms with E-state index in [-0.39, 0.29) is 5.52 Å². The number of aromatic amines is 1. The molecule has 1 heterocycles. The van der Waals surface area contributed by atoms with Gasteiger partial charge in [0.05, 0.1) is 5.52 Å². The van der Waals surface area contributed by atoms with Crippen LogP contribution in [-0.4, -0.2) is 9.97 Å². The van der Waals surface area contributed by atoms with E-state index in [0.29, 0.717) is 17.9 Å². The van der Waals surface area contributed by atoms with E-state index in [0.717, 1.165) is 6.07 Å². The number of rotatable bonds is 1. The van der Waals surface area contributed by atoms with Gasteiger partial charge in [0.1, 0.15) is 12.1 Å². The highest BCUT2D eigenvalue weighted by molar-refractivity contribution is 5.75. The Labute approximate surface area is 72.6 Å². The molecule has 2 rings (SSSR count). The Hall–Kier alpha value is -1.49. The fourth-order valence-electron chi connectivity index (χ4n) is 1.19. The third-order valence-corrected chi connectivity index (χ3v) is 1.83. The smallest absolute Gasteiger partial charge is 0.186 e. The van der Waals surface area contributed by atoms with Gasteiger partial charge in [-0.25, -0.2) is 13.8 Å². The second-order valence-corrected chi connectivity index (χ2v) is 2.69. The molecule has 0 aliphatic rings. The third-order valence-electron chi connectivity index (χ3n) is 1.83. The molecule has 0 aliphatic carbocycles. The minimum absolute atomic E-state index is 0.0404. The standard InChI is InChI=1S/C8H7F2N3/c9-4-1-2-5-8(7(4)10)13-6(3-11)12-5/h1-2H,3,11H2,(H,12,13)/p+1. The molecule has 0 amide bonds. The summed E-state index contributed by atoms with van der Waals surface area (Å²) in [6, 6.07) is 2.53. The number of halogens is 2. The quantitative estimate of drug-likeness (QED) is 0.669. The number of benzene rings is 1. The molecular weight excluding hydrogens is 176 g/mol. The lowest BCUT2D eigenvalue weighted by atomic mass is 10.3. The zero-order valence-corrected chi connectivity index (χ0v) is 6.77. The number of hydrogen-bond donors (Lipinski definition) is 2. The van der Waals surface area contributed by atoms with E-state index >= 15 is 0 Å². The van der Waals surface area contributed by atoms with Gasteiger partial charge in [0.25, 0.3) is 0 Å². The fraction of sp³-hybridized carbons (Fsp3) is 0.125. The van der Waals surface area contributed by atoms with Crippen LogP contribution in [0.25, 0.3) is 11.0 Å². The summed E-state index contributed by atoms with van der Waals surface area (Å²) in [4.78, 5) is 6.69. The number of H-pyrrole nitrogens is 1. The maximum atomic E-state index is 13.1. The highest BCUT2D eigenvalue weighted by Crippen LogP contribution is 2.17. The van der Waals surface area contributed by atoms with Crippen LogP contribution in [0.2, 0.25) is 0 Å². The summed E-state index contributed by atoms with van der Waals surface area (Å²) in [5.74, 6) is -1.23. The largest absolute Gasteiger partial charge is 0.351 e. The summed E-state index contributed by atoms with van der Waals surface area (Å²) >= 11 is 0. The van der Waals surface area contributed by atoms with Gasteiger partial charge in [0.15, 0.2) is 17.5 Å². The van der Waals surface area contributed by atoms with Crippen LogP contribution in [0.4, 0.5) is 8.78 Å². The molecule has 0 fully saturated rings. The van der Waals surface area contributed by atoms with Crippen LogP contribution in [0.15, 0.2) is 12.1 Å². The molecule has 0 aliphatic heterocycles. The molecule has 0 saturated heterocycles. The first-order valence-electron chi connectivity index (χ1n) is 3.84. The minimum atomic E-state index is -0.909. The molecule has 0 unspecified atom stereocenters. The predicted molar refractivity (Wildman–Crippen MR) is 42.6 cm³/mol. The molecule has 4 N–H and O–H groups in total. The molecule has 13 heavy (non-hydrogen) atoms. The Morgan fingerprint density at radius 1 is 1.38 bits per heavy atom. The van der Waals surface area contributed by atoms with Gasteiger partial charge in [0.2, 0.25) is 0 Å². The molecule has 1 aromatic carbocycles. The molecule has 0 bridgehead atoms. The van der Waals surface area contributed by atoms with E-state index in [9.17, 15) is 8.78 Å². The van der Waals surface area contributed by atoms with Crippen molar-refractivity contribution in [2.24, 2.45) is 0 Å². The number of nitrogens with zero attached hydrogens (tertiary/aromatic N) is 1. The normalized spacial score (nSPS) is 11.0. The topological polar surface area (TPSA) is 56.3 Å². The summed E-state index contributed by atoms with van der Waals surface area (Å²) in [5.41, 5.74) is 4.13. The Morgan fingerprint density at radius 3 is 2.85 bits per heavy atom. The van der Waals surface area contributed by atoms with Gasteiger partial charge in [-0.15, -0.1) is 0 Å². The van der Waals surface area contributed by atoms with Gasteiger partial charge < -0.3 is 10.7 Å². The number of quaternary nitrogens is 1. The molecule has 3 nitrogen and oxygen atoms in total. The lowest BCUT2D eigenvalue weighted by molar-refractivity contribution is -0.388. The van der Waals surface area contributed by atoms with Crippen LogP contribution in [0.3, 0.4) is 0 Å². The van der Waals surface area contributed by atoms with Crippen molar-refractivity contribution in [1.29, 1.82) is 0 Å². The van der Waals surface area contributed by atoms with E-state index in [1.165, 1.54) is 6.07 Å².